The molecule has 17 heavy (non-hydrogen) atoms. The third kappa shape index (κ3) is 2.22. The molecule has 1 aliphatic heterocycles. The molecule has 94 valence electrons. The summed E-state index contributed by atoms with van der Waals surface area (Å²) >= 11 is 5.93. The number of anilines is 1. The minimum atomic E-state index is -1.18. The van der Waals surface area contributed by atoms with Crippen molar-refractivity contribution in [1.29, 1.82) is 0 Å². The largest absolute Gasteiger partial charge is 0.395 e. The summed E-state index contributed by atoms with van der Waals surface area (Å²) in [6, 6.07) is -0.449. The van der Waals surface area contributed by atoms with Crippen molar-refractivity contribution in [3.05, 3.63) is 11.3 Å². The molecule has 7 heteroatoms. The van der Waals surface area contributed by atoms with E-state index in [0.29, 0.717) is 18.7 Å². The van der Waals surface area contributed by atoms with Gasteiger partial charge in [-0.05, 0) is 6.42 Å². The number of hydrogen-bond donors (Lipinski definition) is 1. The van der Waals surface area contributed by atoms with Crippen LogP contribution in [0, 0.1) is 0 Å². The minimum Gasteiger partial charge on any atom is -0.395 e. The SMILES string of the molecule is CC(=O)N1CCC(n2ncc(N)c2Cl)[C@@H](F)C1. The van der Waals surface area contributed by atoms with Gasteiger partial charge in [-0.15, -0.1) is 0 Å². The molecule has 2 atom stereocenters. The van der Waals surface area contributed by atoms with Gasteiger partial charge >= 0.3 is 0 Å². The van der Waals surface area contributed by atoms with Crippen LogP contribution in [0.15, 0.2) is 6.20 Å². The summed E-state index contributed by atoms with van der Waals surface area (Å²) in [7, 11) is 0. The second-order valence-corrected chi connectivity index (χ2v) is 4.53. The molecule has 5 nitrogen and oxygen atoms in total. The second kappa shape index (κ2) is 4.52. The molecule has 0 spiro atoms. The molecule has 1 aliphatic rings. The molecule has 1 saturated heterocycles. The van der Waals surface area contributed by atoms with E-state index >= 15 is 0 Å². The molecule has 2 rings (SSSR count). The standard InChI is InChI=1S/C10H14ClFN4O/c1-6(17)15-3-2-9(7(12)5-15)16-10(11)8(13)4-14-16/h4,7,9H,2-3,5,13H2,1H3/t7-,9?/m0/s1. The number of piperidine rings is 1. The predicted octanol–water partition coefficient (Wildman–Crippen LogP) is 1.25. The average molecular weight is 261 g/mol. The molecular weight excluding hydrogens is 247 g/mol. The van der Waals surface area contributed by atoms with Crippen molar-refractivity contribution >= 4 is 23.2 Å². The van der Waals surface area contributed by atoms with Gasteiger partial charge in [0.1, 0.15) is 11.3 Å². The number of amides is 1. The maximum Gasteiger partial charge on any atom is 0.219 e. The molecule has 1 amide bonds. The number of halogens is 2. The smallest absolute Gasteiger partial charge is 0.219 e. The molecule has 0 aromatic carbocycles. The number of nitrogen functional groups attached to an aromatic ring is 1. The van der Waals surface area contributed by atoms with E-state index in [0.717, 1.165) is 0 Å². The monoisotopic (exact) mass is 260 g/mol. The fourth-order valence-corrected chi connectivity index (χ4v) is 2.26. The van der Waals surface area contributed by atoms with E-state index in [2.05, 4.69) is 5.10 Å². The number of aromatic nitrogens is 2. The van der Waals surface area contributed by atoms with Crippen molar-refractivity contribution in [3.63, 3.8) is 0 Å². The highest BCUT2D eigenvalue weighted by atomic mass is 35.5. The minimum absolute atomic E-state index is 0.0795. The van der Waals surface area contributed by atoms with Crippen molar-refractivity contribution in [3.8, 4) is 0 Å². The molecular formula is C10H14ClFN4O. The highest BCUT2D eigenvalue weighted by Crippen LogP contribution is 2.30. The van der Waals surface area contributed by atoms with Gasteiger partial charge < -0.3 is 10.6 Å². The second-order valence-electron chi connectivity index (χ2n) is 4.17. The Kier molecular flexibility index (Phi) is 3.24. The topological polar surface area (TPSA) is 64.2 Å². The number of nitrogens with zero attached hydrogens (tertiary/aromatic N) is 3. The summed E-state index contributed by atoms with van der Waals surface area (Å²) in [4.78, 5) is 12.6. The van der Waals surface area contributed by atoms with Gasteiger partial charge in [0.2, 0.25) is 5.91 Å². The van der Waals surface area contributed by atoms with Crippen molar-refractivity contribution in [2.75, 3.05) is 18.8 Å². The number of hydrogen-bond acceptors (Lipinski definition) is 3. The summed E-state index contributed by atoms with van der Waals surface area (Å²) in [5.74, 6) is -0.114. The molecule has 0 bridgehead atoms. The summed E-state index contributed by atoms with van der Waals surface area (Å²) in [5.41, 5.74) is 5.91. The normalized spacial score (nSPS) is 25.0. The van der Waals surface area contributed by atoms with Gasteiger partial charge in [0.05, 0.1) is 24.5 Å². The summed E-state index contributed by atoms with van der Waals surface area (Å²) in [6.07, 6.45) is 0.720. The molecule has 0 aliphatic carbocycles. The van der Waals surface area contributed by atoms with Gasteiger partial charge in [0.25, 0.3) is 0 Å². The zero-order valence-corrected chi connectivity index (χ0v) is 10.2. The Morgan fingerprint density at radius 3 is 2.88 bits per heavy atom. The third-order valence-electron chi connectivity index (χ3n) is 3.03. The number of likely N-dealkylation sites (tertiary alicyclic amines) is 1. The van der Waals surface area contributed by atoms with E-state index in [-0.39, 0.29) is 17.6 Å². The zero-order valence-electron chi connectivity index (χ0n) is 9.44. The number of carbonyl (C=O) groups is 1. The highest BCUT2D eigenvalue weighted by Gasteiger charge is 2.33. The summed E-state index contributed by atoms with van der Waals surface area (Å²) in [5, 5.41) is 4.23. The van der Waals surface area contributed by atoms with Crippen LogP contribution in [0.1, 0.15) is 19.4 Å². The maximum atomic E-state index is 14.0. The first kappa shape index (κ1) is 12.2. The molecule has 1 aromatic heterocycles. The number of rotatable bonds is 1. The van der Waals surface area contributed by atoms with E-state index in [9.17, 15) is 9.18 Å². The molecule has 2 heterocycles. The maximum absolute atomic E-state index is 14.0. The first-order valence-electron chi connectivity index (χ1n) is 5.38. The lowest BCUT2D eigenvalue weighted by Gasteiger charge is -2.34. The van der Waals surface area contributed by atoms with Crippen molar-refractivity contribution in [2.24, 2.45) is 0 Å². The van der Waals surface area contributed by atoms with Crippen LogP contribution in [0.4, 0.5) is 10.1 Å². The molecule has 1 unspecified atom stereocenters. The summed E-state index contributed by atoms with van der Waals surface area (Å²) in [6.45, 7) is 2.03. The van der Waals surface area contributed by atoms with Gasteiger partial charge in [-0.25, -0.2) is 9.07 Å². The first-order chi connectivity index (χ1) is 8.00. The van der Waals surface area contributed by atoms with Gasteiger partial charge in [-0.3, -0.25) is 4.79 Å². The van der Waals surface area contributed by atoms with Gasteiger partial charge in [0.15, 0.2) is 0 Å². The van der Waals surface area contributed by atoms with Gasteiger partial charge in [-0.2, -0.15) is 5.10 Å². The first-order valence-corrected chi connectivity index (χ1v) is 5.76. The fraction of sp³-hybridized carbons (Fsp3) is 0.600. The zero-order chi connectivity index (χ0) is 12.6. The summed E-state index contributed by atoms with van der Waals surface area (Å²) < 4.78 is 15.4. The highest BCUT2D eigenvalue weighted by molar-refractivity contribution is 6.32. The lowest BCUT2D eigenvalue weighted by Crippen LogP contribution is -2.45. The van der Waals surface area contributed by atoms with Crippen molar-refractivity contribution < 1.29 is 9.18 Å². The Balaban J connectivity index is 2.15. The number of alkyl halides is 1. The average Bonchev–Trinajstić information content (AvgIpc) is 2.60. The third-order valence-corrected chi connectivity index (χ3v) is 3.42. The molecule has 0 radical (unpaired) electrons. The van der Waals surface area contributed by atoms with E-state index in [4.69, 9.17) is 17.3 Å². The number of nitrogens with two attached hydrogens (primary N) is 1. The Morgan fingerprint density at radius 2 is 2.41 bits per heavy atom. The fourth-order valence-electron chi connectivity index (χ4n) is 2.05. The number of carbonyl (C=O) groups excluding carboxylic acids is 1. The predicted molar refractivity (Wildman–Crippen MR) is 62.5 cm³/mol. The Morgan fingerprint density at radius 1 is 1.71 bits per heavy atom. The van der Waals surface area contributed by atoms with Crippen LogP contribution in [0.5, 0.6) is 0 Å². The van der Waals surface area contributed by atoms with E-state index in [1.54, 1.807) is 0 Å². The van der Waals surface area contributed by atoms with Crippen LogP contribution in [-0.2, 0) is 4.79 Å². The lowest BCUT2D eigenvalue weighted by atomic mass is 10.0. The van der Waals surface area contributed by atoms with Crippen LogP contribution in [0.3, 0.4) is 0 Å². The molecule has 2 N–H and O–H groups in total. The van der Waals surface area contributed by atoms with E-state index in [1.165, 1.54) is 22.7 Å². The van der Waals surface area contributed by atoms with Crippen LogP contribution in [0.2, 0.25) is 5.15 Å². The molecule has 0 saturated carbocycles. The molecule has 1 aromatic rings. The van der Waals surface area contributed by atoms with Crippen LogP contribution in [0.25, 0.3) is 0 Å². The van der Waals surface area contributed by atoms with Gasteiger partial charge in [-0.1, -0.05) is 11.6 Å². The van der Waals surface area contributed by atoms with Crippen LogP contribution < -0.4 is 5.73 Å². The lowest BCUT2D eigenvalue weighted by molar-refractivity contribution is -0.131. The Labute approximate surface area is 103 Å². The molecule has 1 fully saturated rings. The Bertz CT molecular complexity index is 436. The van der Waals surface area contributed by atoms with E-state index < -0.39 is 12.2 Å². The van der Waals surface area contributed by atoms with Gasteiger partial charge in [0, 0.05) is 13.5 Å². The Hall–Kier alpha value is -1.30. The van der Waals surface area contributed by atoms with Crippen LogP contribution >= 0.6 is 11.6 Å². The van der Waals surface area contributed by atoms with Crippen molar-refractivity contribution in [1.82, 2.24) is 14.7 Å². The van der Waals surface area contributed by atoms with E-state index in [1.807, 2.05) is 0 Å². The van der Waals surface area contributed by atoms with Crippen LogP contribution in [-0.4, -0.2) is 39.8 Å². The quantitative estimate of drug-likeness (QED) is 0.827. The van der Waals surface area contributed by atoms with Crippen molar-refractivity contribution in [2.45, 2.75) is 25.6 Å².